The Morgan fingerprint density at radius 2 is 1.27 bits per heavy atom. The third-order valence-electron chi connectivity index (χ3n) is 9.72. The van der Waals surface area contributed by atoms with Crippen molar-refractivity contribution in [1.29, 1.82) is 0 Å². The number of rotatable bonds is 8. The van der Waals surface area contributed by atoms with Gasteiger partial charge in [-0.1, -0.05) is 59.7 Å². The highest BCUT2D eigenvalue weighted by Gasteiger charge is 2.56. The summed E-state index contributed by atoms with van der Waals surface area (Å²) in [4.78, 5) is 42.1. The van der Waals surface area contributed by atoms with E-state index in [9.17, 15) is 19.5 Å². The molecule has 48 heavy (non-hydrogen) atoms. The molecule has 5 rings (SSSR count). The van der Waals surface area contributed by atoms with Crippen LogP contribution in [-0.2, 0) is 21.0 Å². The molecule has 4 atom stereocenters. The normalized spacial score (nSPS) is 20.7. The molecule has 0 radical (unpaired) electrons. The third-order valence-corrected chi connectivity index (χ3v) is 9.72. The van der Waals surface area contributed by atoms with Crippen molar-refractivity contribution in [1.82, 2.24) is 0 Å². The van der Waals surface area contributed by atoms with Crippen molar-refractivity contribution in [2.45, 2.75) is 79.9 Å². The summed E-state index contributed by atoms with van der Waals surface area (Å²) in [7, 11) is 0. The van der Waals surface area contributed by atoms with Crippen molar-refractivity contribution < 1.29 is 24.2 Å². The fourth-order valence-electron chi connectivity index (χ4n) is 6.94. The predicted molar refractivity (Wildman–Crippen MR) is 190 cm³/mol. The first-order valence-corrected chi connectivity index (χ1v) is 16.5. The van der Waals surface area contributed by atoms with Crippen LogP contribution in [0.3, 0.4) is 0 Å². The Balaban J connectivity index is 1.51. The second kappa shape index (κ2) is 13.8. The number of ether oxygens (including phenoxy) is 1. The average molecular weight is 647 g/mol. The number of aliphatic hydroxyl groups is 1. The van der Waals surface area contributed by atoms with Gasteiger partial charge in [0.2, 0.25) is 11.8 Å². The summed E-state index contributed by atoms with van der Waals surface area (Å²) >= 11 is 0. The molecule has 4 unspecified atom stereocenters. The number of hydrogen-bond donors (Lipinski definition) is 3. The standard InChI is InChI=1S/C41H46N2O5/c1-23-9-15-33(28(6)17-23)42-39(45)37-35(44)21-41(8,47)38(40(46)43-34-16-10-24(2)18-29(34)7)36(37)30-11-13-32(14-12-30)48-22-31-20-26(4)25(3)19-27(31)5/h9-20,36-38,47H,21-22H2,1-8H3,(H,42,45)(H,43,46). The lowest BCUT2D eigenvalue weighted by Gasteiger charge is -2.44. The highest BCUT2D eigenvalue weighted by Crippen LogP contribution is 2.47. The zero-order chi connectivity index (χ0) is 34.9. The fourth-order valence-corrected chi connectivity index (χ4v) is 6.94. The van der Waals surface area contributed by atoms with Gasteiger partial charge in [0, 0.05) is 23.7 Å². The maximum atomic E-state index is 14.2. The quantitative estimate of drug-likeness (QED) is 0.170. The van der Waals surface area contributed by atoms with Gasteiger partial charge in [-0.25, -0.2) is 0 Å². The fraction of sp³-hybridized carbons (Fsp3) is 0.341. The SMILES string of the molecule is Cc1ccc(NC(=O)C2C(=O)CC(C)(O)C(C(=O)Nc3ccc(C)cc3C)C2c2ccc(OCc3cc(C)c(C)cc3C)cc2)c(C)c1. The van der Waals surface area contributed by atoms with Crippen LogP contribution in [0.1, 0.15) is 69.3 Å². The number of ketones is 1. The van der Waals surface area contributed by atoms with E-state index in [1.165, 1.54) is 18.1 Å². The number of carbonyl (C=O) groups is 3. The number of hydrogen-bond acceptors (Lipinski definition) is 5. The molecule has 0 aliphatic heterocycles. The summed E-state index contributed by atoms with van der Waals surface area (Å²) < 4.78 is 6.15. The maximum Gasteiger partial charge on any atom is 0.235 e. The Bertz CT molecular complexity index is 1870. The minimum atomic E-state index is -1.71. The van der Waals surface area contributed by atoms with E-state index >= 15 is 0 Å². The molecule has 1 aliphatic rings. The number of amides is 2. The molecule has 7 heteroatoms. The van der Waals surface area contributed by atoms with Crippen LogP contribution in [0.4, 0.5) is 11.4 Å². The van der Waals surface area contributed by atoms with Gasteiger partial charge in [-0.05, 0) is 119 Å². The molecular formula is C41H46N2O5. The molecule has 0 aromatic heterocycles. The van der Waals surface area contributed by atoms with Crippen molar-refractivity contribution in [3.05, 3.63) is 123 Å². The Labute approximate surface area is 283 Å². The molecule has 1 saturated carbocycles. The number of benzene rings is 4. The zero-order valence-corrected chi connectivity index (χ0v) is 29.2. The molecule has 0 saturated heterocycles. The molecule has 2 amide bonds. The highest BCUT2D eigenvalue weighted by atomic mass is 16.5. The lowest BCUT2D eigenvalue weighted by atomic mass is 9.61. The molecule has 7 nitrogen and oxygen atoms in total. The van der Waals surface area contributed by atoms with E-state index in [4.69, 9.17) is 4.74 Å². The molecule has 3 N–H and O–H groups in total. The topological polar surface area (TPSA) is 105 Å². The minimum absolute atomic E-state index is 0.337. The van der Waals surface area contributed by atoms with E-state index < -0.39 is 41.0 Å². The molecular weight excluding hydrogens is 600 g/mol. The Hall–Kier alpha value is -4.75. The van der Waals surface area contributed by atoms with Gasteiger partial charge in [0.25, 0.3) is 0 Å². The number of anilines is 2. The van der Waals surface area contributed by atoms with Gasteiger partial charge in [-0.3, -0.25) is 14.4 Å². The van der Waals surface area contributed by atoms with Crippen molar-refractivity contribution in [2.75, 3.05) is 10.6 Å². The van der Waals surface area contributed by atoms with Gasteiger partial charge < -0.3 is 20.5 Å². The lowest BCUT2D eigenvalue weighted by molar-refractivity contribution is -0.150. The van der Waals surface area contributed by atoms with Gasteiger partial charge >= 0.3 is 0 Å². The Morgan fingerprint density at radius 3 is 1.83 bits per heavy atom. The van der Waals surface area contributed by atoms with E-state index in [-0.39, 0.29) is 6.42 Å². The number of nitrogens with one attached hydrogen (secondary N) is 2. The molecule has 0 spiro atoms. The van der Waals surface area contributed by atoms with Crippen molar-refractivity contribution in [3.8, 4) is 5.75 Å². The number of carbonyl (C=O) groups excluding carboxylic acids is 3. The lowest BCUT2D eigenvalue weighted by Crippen LogP contribution is -2.56. The molecule has 4 aromatic carbocycles. The second-order valence-electron chi connectivity index (χ2n) is 13.8. The van der Waals surface area contributed by atoms with Crippen LogP contribution in [0, 0.1) is 60.3 Å². The largest absolute Gasteiger partial charge is 0.489 e. The number of aryl methyl sites for hydroxylation is 7. The molecule has 0 heterocycles. The van der Waals surface area contributed by atoms with Gasteiger partial charge in [-0.2, -0.15) is 0 Å². The zero-order valence-electron chi connectivity index (χ0n) is 29.2. The van der Waals surface area contributed by atoms with E-state index in [1.54, 1.807) is 24.3 Å². The molecule has 250 valence electrons. The molecule has 0 bridgehead atoms. The maximum absolute atomic E-state index is 14.2. The van der Waals surface area contributed by atoms with Gasteiger partial charge in [0.1, 0.15) is 24.1 Å². The summed E-state index contributed by atoms with van der Waals surface area (Å²) in [5, 5.41) is 17.7. The van der Waals surface area contributed by atoms with Gasteiger partial charge in [0.15, 0.2) is 0 Å². The first-order valence-electron chi connectivity index (χ1n) is 16.5. The third kappa shape index (κ3) is 7.37. The molecule has 4 aromatic rings. The van der Waals surface area contributed by atoms with Gasteiger partial charge in [0.05, 0.1) is 11.5 Å². The van der Waals surface area contributed by atoms with Crippen LogP contribution < -0.4 is 15.4 Å². The molecule has 1 fully saturated rings. The highest BCUT2D eigenvalue weighted by molar-refractivity contribution is 6.10. The second-order valence-corrected chi connectivity index (χ2v) is 13.8. The number of Topliss-reactive ketones (excluding diaryl/α,β-unsaturated/α-hetero) is 1. The van der Waals surface area contributed by atoms with Crippen molar-refractivity contribution in [3.63, 3.8) is 0 Å². The smallest absolute Gasteiger partial charge is 0.235 e. The van der Waals surface area contributed by atoms with Crippen LogP contribution in [0.5, 0.6) is 5.75 Å². The summed E-state index contributed by atoms with van der Waals surface area (Å²) in [6.07, 6.45) is -0.337. The first kappa shape index (κ1) is 34.6. The van der Waals surface area contributed by atoms with E-state index in [0.29, 0.717) is 29.3 Å². The molecule has 1 aliphatic carbocycles. The van der Waals surface area contributed by atoms with Gasteiger partial charge in [-0.15, -0.1) is 0 Å². The van der Waals surface area contributed by atoms with E-state index in [1.807, 2.05) is 64.1 Å². The monoisotopic (exact) mass is 646 g/mol. The average Bonchev–Trinajstić information content (AvgIpc) is 3.00. The Kier molecular flexibility index (Phi) is 9.92. The Morgan fingerprint density at radius 1 is 0.729 bits per heavy atom. The minimum Gasteiger partial charge on any atom is -0.489 e. The van der Waals surface area contributed by atoms with Crippen molar-refractivity contribution in [2.24, 2.45) is 11.8 Å². The first-order chi connectivity index (χ1) is 22.6. The van der Waals surface area contributed by atoms with Crippen LogP contribution >= 0.6 is 0 Å². The van der Waals surface area contributed by atoms with Crippen LogP contribution in [0.25, 0.3) is 0 Å². The summed E-state index contributed by atoms with van der Waals surface area (Å²) in [5.74, 6) is -4.07. The predicted octanol–water partition coefficient (Wildman–Crippen LogP) is 7.74. The summed E-state index contributed by atoms with van der Waals surface area (Å²) in [5.41, 5.74) is 8.56. The van der Waals surface area contributed by atoms with E-state index in [0.717, 1.165) is 33.4 Å². The summed E-state index contributed by atoms with van der Waals surface area (Å²) in [6, 6.07) is 22.8. The van der Waals surface area contributed by atoms with Crippen molar-refractivity contribution >= 4 is 29.0 Å². The van der Waals surface area contributed by atoms with Crippen LogP contribution in [0.15, 0.2) is 72.8 Å². The van der Waals surface area contributed by atoms with E-state index in [2.05, 4.69) is 43.5 Å². The van der Waals surface area contributed by atoms with Crippen LogP contribution in [-0.4, -0.2) is 28.3 Å². The summed E-state index contributed by atoms with van der Waals surface area (Å²) in [6.45, 7) is 15.9. The van der Waals surface area contributed by atoms with Crippen LogP contribution in [0.2, 0.25) is 0 Å².